The zero-order valence-corrected chi connectivity index (χ0v) is 10.8. The second-order valence-corrected chi connectivity index (χ2v) is 4.77. The summed E-state index contributed by atoms with van der Waals surface area (Å²) >= 11 is 0. The topological polar surface area (TPSA) is 35.5 Å². The Labute approximate surface area is 108 Å². The molecule has 0 spiro atoms. The SMILES string of the molecule is CCNCc1cccc(F)c1N1CCCC(O)C1. The van der Waals surface area contributed by atoms with Gasteiger partial charge < -0.3 is 15.3 Å². The summed E-state index contributed by atoms with van der Waals surface area (Å²) in [5, 5.41) is 12.9. The summed E-state index contributed by atoms with van der Waals surface area (Å²) < 4.78 is 14.0. The molecule has 0 saturated carbocycles. The minimum atomic E-state index is -0.342. The maximum atomic E-state index is 14.0. The van der Waals surface area contributed by atoms with E-state index in [1.165, 1.54) is 6.07 Å². The minimum absolute atomic E-state index is 0.195. The molecule has 3 nitrogen and oxygen atoms in total. The lowest BCUT2D eigenvalue weighted by Gasteiger charge is -2.33. The van der Waals surface area contributed by atoms with Crippen LogP contribution in [0.3, 0.4) is 0 Å². The summed E-state index contributed by atoms with van der Waals surface area (Å²) in [5.74, 6) is -0.195. The van der Waals surface area contributed by atoms with Gasteiger partial charge in [0.15, 0.2) is 0 Å². The number of anilines is 1. The molecule has 1 aromatic carbocycles. The van der Waals surface area contributed by atoms with E-state index in [2.05, 4.69) is 5.32 Å². The van der Waals surface area contributed by atoms with Gasteiger partial charge in [0, 0.05) is 19.6 Å². The van der Waals surface area contributed by atoms with Crippen LogP contribution in [0, 0.1) is 5.82 Å². The van der Waals surface area contributed by atoms with Gasteiger partial charge in [-0.05, 0) is 31.0 Å². The monoisotopic (exact) mass is 252 g/mol. The standard InChI is InChI=1S/C14H21FN2O/c1-2-16-9-11-5-3-7-13(15)14(11)17-8-4-6-12(18)10-17/h3,5,7,12,16,18H,2,4,6,8-10H2,1H3. The van der Waals surface area contributed by atoms with Crippen LogP contribution >= 0.6 is 0 Å². The molecule has 18 heavy (non-hydrogen) atoms. The van der Waals surface area contributed by atoms with E-state index < -0.39 is 0 Å². The normalized spacial score (nSPS) is 20.2. The van der Waals surface area contributed by atoms with Crippen molar-refractivity contribution in [2.75, 3.05) is 24.5 Å². The lowest BCUT2D eigenvalue weighted by molar-refractivity contribution is 0.154. The molecule has 0 amide bonds. The number of nitrogens with one attached hydrogen (secondary N) is 1. The van der Waals surface area contributed by atoms with Crippen molar-refractivity contribution in [3.05, 3.63) is 29.6 Å². The van der Waals surface area contributed by atoms with Gasteiger partial charge in [-0.15, -0.1) is 0 Å². The van der Waals surface area contributed by atoms with Gasteiger partial charge in [-0.3, -0.25) is 0 Å². The third-order valence-electron chi connectivity index (χ3n) is 3.35. The van der Waals surface area contributed by atoms with Crippen molar-refractivity contribution in [2.45, 2.75) is 32.4 Å². The highest BCUT2D eigenvalue weighted by molar-refractivity contribution is 5.55. The Balaban J connectivity index is 2.23. The molecule has 0 bridgehead atoms. The Bertz CT molecular complexity index is 397. The smallest absolute Gasteiger partial charge is 0.146 e. The van der Waals surface area contributed by atoms with Crippen LogP contribution in [-0.4, -0.2) is 30.8 Å². The van der Waals surface area contributed by atoms with E-state index in [0.717, 1.165) is 31.5 Å². The van der Waals surface area contributed by atoms with Crippen LogP contribution in [0.15, 0.2) is 18.2 Å². The van der Waals surface area contributed by atoms with Gasteiger partial charge >= 0.3 is 0 Å². The van der Waals surface area contributed by atoms with Crippen molar-refractivity contribution >= 4 is 5.69 Å². The number of halogens is 1. The lowest BCUT2D eigenvalue weighted by atomic mass is 10.0. The predicted molar refractivity (Wildman–Crippen MR) is 71.2 cm³/mol. The van der Waals surface area contributed by atoms with Crippen LogP contribution in [0.1, 0.15) is 25.3 Å². The van der Waals surface area contributed by atoms with E-state index in [1.54, 1.807) is 6.07 Å². The van der Waals surface area contributed by atoms with Gasteiger partial charge in [0.25, 0.3) is 0 Å². The second kappa shape index (κ2) is 6.16. The van der Waals surface area contributed by atoms with Gasteiger partial charge in [0.2, 0.25) is 0 Å². The quantitative estimate of drug-likeness (QED) is 0.859. The summed E-state index contributed by atoms with van der Waals surface area (Å²) in [6.45, 7) is 4.90. The number of aliphatic hydroxyl groups is 1. The molecule has 1 saturated heterocycles. The molecule has 0 aliphatic carbocycles. The summed E-state index contributed by atoms with van der Waals surface area (Å²) in [4.78, 5) is 1.97. The van der Waals surface area contributed by atoms with Crippen LogP contribution < -0.4 is 10.2 Å². The molecule has 1 aliphatic rings. The predicted octanol–water partition coefficient (Wildman–Crippen LogP) is 1.90. The van der Waals surface area contributed by atoms with Gasteiger partial charge in [0.05, 0.1) is 11.8 Å². The average molecular weight is 252 g/mol. The summed E-state index contributed by atoms with van der Waals surface area (Å²) in [6.07, 6.45) is 1.38. The zero-order valence-electron chi connectivity index (χ0n) is 10.8. The molecular formula is C14H21FN2O. The molecule has 1 atom stereocenters. The van der Waals surface area contributed by atoms with E-state index in [9.17, 15) is 9.50 Å². The molecule has 0 radical (unpaired) electrons. The molecule has 1 unspecified atom stereocenters. The van der Waals surface area contributed by atoms with Crippen LogP contribution in [0.2, 0.25) is 0 Å². The summed E-state index contributed by atoms with van der Waals surface area (Å²) in [5.41, 5.74) is 1.61. The van der Waals surface area contributed by atoms with Gasteiger partial charge in [-0.2, -0.15) is 0 Å². The van der Waals surface area contributed by atoms with E-state index in [4.69, 9.17) is 0 Å². The van der Waals surface area contributed by atoms with Crippen LogP contribution in [0.4, 0.5) is 10.1 Å². The third-order valence-corrected chi connectivity index (χ3v) is 3.35. The number of aliphatic hydroxyl groups excluding tert-OH is 1. The number of piperidine rings is 1. The Kier molecular flexibility index (Phi) is 4.55. The maximum absolute atomic E-state index is 14.0. The number of hydrogen-bond acceptors (Lipinski definition) is 3. The van der Waals surface area contributed by atoms with Gasteiger partial charge in [-0.1, -0.05) is 19.1 Å². The van der Waals surface area contributed by atoms with Crippen molar-refractivity contribution in [3.8, 4) is 0 Å². The molecule has 1 aromatic rings. The fourth-order valence-corrected chi connectivity index (χ4v) is 2.47. The lowest BCUT2D eigenvalue weighted by Crippen LogP contribution is -2.39. The van der Waals surface area contributed by atoms with E-state index >= 15 is 0 Å². The minimum Gasteiger partial charge on any atom is -0.391 e. The van der Waals surface area contributed by atoms with Gasteiger partial charge in [0.1, 0.15) is 5.82 Å². The molecule has 0 aromatic heterocycles. The third kappa shape index (κ3) is 3.00. The highest BCUT2D eigenvalue weighted by Gasteiger charge is 2.22. The molecule has 1 fully saturated rings. The number of benzene rings is 1. The number of rotatable bonds is 4. The Hall–Kier alpha value is -1.13. The van der Waals surface area contributed by atoms with Crippen molar-refractivity contribution in [1.82, 2.24) is 5.32 Å². The van der Waals surface area contributed by atoms with E-state index in [1.807, 2.05) is 17.9 Å². The Morgan fingerprint density at radius 3 is 3.06 bits per heavy atom. The second-order valence-electron chi connectivity index (χ2n) is 4.77. The van der Waals surface area contributed by atoms with Crippen LogP contribution in [0.25, 0.3) is 0 Å². The highest BCUT2D eigenvalue weighted by atomic mass is 19.1. The van der Waals surface area contributed by atoms with Crippen molar-refractivity contribution in [1.29, 1.82) is 0 Å². The van der Waals surface area contributed by atoms with E-state index in [0.29, 0.717) is 18.8 Å². The first-order valence-electron chi connectivity index (χ1n) is 6.63. The fourth-order valence-electron chi connectivity index (χ4n) is 2.47. The fraction of sp³-hybridized carbons (Fsp3) is 0.571. The molecule has 1 aliphatic heterocycles. The van der Waals surface area contributed by atoms with E-state index in [-0.39, 0.29) is 11.9 Å². The van der Waals surface area contributed by atoms with Gasteiger partial charge in [-0.25, -0.2) is 4.39 Å². The van der Waals surface area contributed by atoms with Crippen molar-refractivity contribution in [2.24, 2.45) is 0 Å². The van der Waals surface area contributed by atoms with Crippen molar-refractivity contribution < 1.29 is 9.50 Å². The Morgan fingerprint density at radius 2 is 2.33 bits per heavy atom. The number of hydrogen-bond donors (Lipinski definition) is 2. The number of para-hydroxylation sites is 1. The maximum Gasteiger partial charge on any atom is 0.146 e. The number of nitrogens with zero attached hydrogens (tertiary/aromatic N) is 1. The largest absolute Gasteiger partial charge is 0.391 e. The summed E-state index contributed by atoms with van der Waals surface area (Å²) in [7, 11) is 0. The highest BCUT2D eigenvalue weighted by Crippen LogP contribution is 2.27. The van der Waals surface area contributed by atoms with Crippen molar-refractivity contribution in [3.63, 3.8) is 0 Å². The van der Waals surface area contributed by atoms with Crippen LogP contribution in [-0.2, 0) is 6.54 Å². The molecule has 100 valence electrons. The van der Waals surface area contributed by atoms with Crippen LogP contribution in [0.5, 0.6) is 0 Å². The molecular weight excluding hydrogens is 231 g/mol. The zero-order chi connectivity index (χ0) is 13.0. The first-order valence-corrected chi connectivity index (χ1v) is 6.63. The number of β-amino-alcohol motifs (C(OH)–C–C–N with tert-alkyl or cyclic N) is 1. The Morgan fingerprint density at radius 1 is 1.50 bits per heavy atom. The first kappa shape index (κ1) is 13.3. The first-order chi connectivity index (χ1) is 8.72. The summed E-state index contributed by atoms with van der Waals surface area (Å²) in [6, 6.07) is 5.18. The molecule has 2 N–H and O–H groups in total. The average Bonchev–Trinajstić information content (AvgIpc) is 2.36. The molecule has 4 heteroatoms. The molecule has 1 heterocycles. The molecule has 2 rings (SSSR count).